The van der Waals surface area contributed by atoms with Crippen molar-refractivity contribution < 1.29 is 19.1 Å². The van der Waals surface area contributed by atoms with Gasteiger partial charge in [-0.2, -0.15) is 10.2 Å². The zero-order valence-electron chi connectivity index (χ0n) is 14.5. The standard InChI is InChI=1S/C17H20N4O4/c1-8-13(16(22)20-18-8)15(14-9(2)19-21-17(14)23)11-6-5-10(24-3)7-12(11)25-4/h5-7,13-15H,1-4H3,(H,20,22)(H,21,23). The number of hydrogen-bond donors (Lipinski definition) is 2. The third kappa shape index (κ3) is 2.84. The van der Waals surface area contributed by atoms with E-state index >= 15 is 0 Å². The van der Waals surface area contributed by atoms with Crippen molar-refractivity contribution in [2.24, 2.45) is 22.0 Å². The molecule has 25 heavy (non-hydrogen) atoms. The van der Waals surface area contributed by atoms with Crippen molar-refractivity contribution in [3.05, 3.63) is 23.8 Å². The molecule has 3 rings (SSSR count). The highest BCUT2D eigenvalue weighted by atomic mass is 16.5. The lowest BCUT2D eigenvalue weighted by Crippen LogP contribution is -2.38. The molecular weight excluding hydrogens is 324 g/mol. The molecular formula is C17H20N4O4. The summed E-state index contributed by atoms with van der Waals surface area (Å²) in [6.45, 7) is 3.54. The third-order valence-electron chi connectivity index (χ3n) is 4.67. The number of methoxy groups -OCH3 is 2. The molecule has 0 spiro atoms. The first-order valence-electron chi connectivity index (χ1n) is 7.88. The molecule has 2 atom stereocenters. The molecule has 2 heterocycles. The highest BCUT2D eigenvalue weighted by Gasteiger charge is 2.46. The summed E-state index contributed by atoms with van der Waals surface area (Å²) in [7, 11) is 3.11. The molecule has 0 aromatic heterocycles. The van der Waals surface area contributed by atoms with Crippen molar-refractivity contribution >= 4 is 23.2 Å². The van der Waals surface area contributed by atoms with Crippen molar-refractivity contribution in [1.82, 2.24) is 10.9 Å². The van der Waals surface area contributed by atoms with Crippen LogP contribution in [0.15, 0.2) is 28.4 Å². The van der Waals surface area contributed by atoms with E-state index in [0.29, 0.717) is 22.9 Å². The van der Waals surface area contributed by atoms with Gasteiger partial charge >= 0.3 is 0 Å². The molecule has 0 saturated carbocycles. The lowest BCUT2D eigenvalue weighted by Gasteiger charge is -2.28. The van der Waals surface area contributed by atoms with E-state index in [-0.39, 0.29) is 11.8 Å². The Morgan fingerprint density at radius 2 is 1.52 bits per heavy atom. The Bertz CT molecular complexity index is 749. The van der Waals surface area contributed by atoms with Crippen LogP contribution in [0.3, 0.4) is 0 Å². The fourth-order valence-corrected chi connectivity index (χ4v) is 3.44. The normalized spacial score (nSPS) is 23.5. The summed E-state index contributed by atoms with van der Waals surface area (Å²) in [6.07, 6.45) is 0. The second-order valence-corrected chi connectivity index (χ2v) is 6.05. The molecule has 2 unspecified atom stereocenters. The highest BCUT2D eigenvalue weighted by molar-refractivity contribution is 6.12. The van der Waals surface area contributed by atoms with Gasteiger partial charge in [0.2, 0.25) is 11.8 Å². The van der Waals surface area contributed by atoms with Gasteiger partial charge in [0.1, 0.15) is 11.5 Å². The van der Waals surface area contributed by atoms with Crippen LogP contribution in [0.25, 0.3) is 0 Å². The molecule has 0 radical (unpaired) electrons. The van der Waals surface area contributed by atoms with E-state index in [4.69, 9.17) is 9.47 Å². The molecule has 8 nitrogen and oxygen atoms in total. The highest BCUT2D eigenvalue weighted by Crippen LogP contribution is 2.42. The Labute approximate surface area is 145 Å². The largest absolute Gasteiger partial charge is 0.497 e. The zero-order chi connectivity index (χ0) is 18.1. The number of hydrogen-bond acceptors (Lipinski definition) is 6. The molecule has 1 aromatic rings. The van der Waals surface area contributed by atoms with E-state index in [1.807, 2.05) is 6.07 Å². The van der Waals surface area contributed by atoms with Crippen molar-refractivity contribution in [3.8, 4) is 11.5 Å². The fraction of sp³-hybridized carbons (Fsp3) is 0.412. The molecule has 2 aliphatic heterocycles. The van der Waals surface area contributed by atoms with Gasteiger partial charge in [0, 0.05) is 23.4 Å². The average molecular weight is 344 g/mol. The molecule has 2 N–H and O–H groups in total. The summed E-state index contributed by atoms with van der Waals surface area (Å²) in [5.41, 5.74) is 6.97. The summed E-state index contributed by atoms with van der Waals surface area (Å²) in [5, 5.41) is 8.07. The summed E-state index contributed by atoms with van der Waals surface area (Å²) in [5.74, 6) is -0.965. The number of carbonyl (C=O) groups excluding carboxylic acids is 2. The maximum atomic E-state index is 12.4. The van der Waals surface area contributed by atoms with Crippen molar-refractivity contribution in [3.63, 3.8) is 0 Å². The Hall–Kier alpha value is -2.90. The van der Waals surface area contributed by atoms with Crippen molar-refractivity contribution in [1.29, 1.82) is 0 Å². The lowest BCUT2D eigenvalue weighted by molar-refractivity contribution is -0.125. The number of rotatable bonds is 5. The predicted octanol–water partition coefficient (Wildman–Crippen LogP) is 1.03. The first-order chi connectivity index (χ1) is 12.0. The van der Waals surface area contributed by atoms with Gasteiger partial charge in [0.05, 0.1) is 26.1 Å². The van der Waals surface area contributed by atoms with Gasteiger partial charge in [-0.25, -0.2) is 10.9 Å². The molecule has 0 bridgehead atoms. The minimum atomic E-state index is -0.582. The quantitative estimate of drug-likeness (QED) is 0.833. The van der Waals surface area contributed by atoms with Crippen LogP contribution >= 0.6 is 0 Å². The fourth-order valence-electron chi connectivity index (χ4n) is 3.44. The molecule has 0 fully saturated rings. The van der Waals surface area contributed by atoms with E-state index in [9.17, 15) is 9.59 Å². The lowest BCUT2D eigenvalue weighted by atomic mass is 9.73. The van der Waals surface area contributed by atoms with Crippen LogP contribution in [-0.2, 0) is 9.59 Å². The number of benzene rings is 1. The van der Waals surface area contributed by atoms with E-state index in [0.717, 1.165) is 5.56 Å². The molecule has 2 amide bonds. The van der Waals surface area contributed by atoms with Gasteiger partial charge in [-0.1, -0.05) is 6.07 Å². The third-order valence-corrected chi connectivity index (χ3v) is 4.67. The van der Waals surface area contributed by atoms with E-state index in [1.54, 1.807) is 40.2 Å². The molecule has 0 aliphatic carbocycles. The summed E-state index contributed by atoms with van der Waals surface area (Å²) in [6, 6.07) is 5.34. The molecule has 1 aromatic carbocycles. The Morgan fingerprint density at radius 1 is 0.960 bits per heavy atom. The maximum absolute atomic E-state index is 12.4. The molecule has 0 saturated heterocycles. The molecule has 8 heteroatoms. The Morgan fingerprint density at radius 3 is 1.92 bits per heavy atom. The topological polar surface area (TPSA) is 101 Å². The van der Waals surface area contributed by atoms with Crippen molar-refractivity contribution in [2.75, 3.05) is 14.2 Å². The van der Waals surface area contributed by atoms with Gasteiger partial charge in [0.15, 0.2) is 0 Å². The Kier molecular flexibility index (Phi) is 4.43. The second kappa shape index (κ2) is 6.54. The average Bonchev–Trinajstić information content (AvgIpc) is 3.12. The number of carbonyl (C=O) groups is 2. The van der Waals surface area contributed by atoms with Gasteiger partial charge in [-0.15, -0.1) is 0 Å². The second-order valence-electron chi connectivity index (χ2n) is 6.05. The number of hydrazone groups is 2. The monoisotopic (exact) mass is 344 g/mol. The summed E-state index contributed by atoms with van der Waals surface area (Å²) < 4.78 is 10.7. The SMILES string of the molecule is COc1ccc(C(C2C(=O)NN=C2C)C2C(=O)NN=C2C)c(OC)c1. The predicted molar refractivity (Wildman–Crippen MR) is 91.8 cm³/mol. The number of nitrogens with one attached hydrogen (secondary N) is 2. The van der Waals surface area contributed by atoms with Crippen molar-refractivity contribution in [2.45, 2.75) is 19.8 Å². The van der Waals surface area contributed by atoms with Crippen LogP contribution in [-0.4, -0.2) is 37.5 Å². The summed E-state index contributed by atoms with van der Waals surface area (Å²) >= 11 is 0. The van der Waals surface area contributed by atoms with E-state index in [2.05, 4.69) is 21.1 Å². The number of ether oxygens (including phenoxy) is 2. The van der Waals surface area contributed by atoms with Crippen LogP contribution < -0.4 is 20.3 Å². The van der Waals surface area contributed by atoms with Crippen LogP contribution in [0.5, 0.6) is 11.5 Å². The van der Waals surface area contributed by atoms with Gasteiger partial charge < -0.3 is 9.47 Å². The smallest absolute Gasteiger partial charge is 0.249 e. The first kappa shape index (κ1) is 16.9. The summed E-state index contributed by atoms with van der Waals surface area (Å²) in [4.78, 5) is 24.9. The zero-order valence-corrected chi connectivity index (χ0v) is 14.5. The number of nitrogens with zero attached hydrogens (tertiary/aromatic N) is 2. The molecule has 132 valence electrons. The van der Waals surface area contributed by atoms with Gasteiger partial charge in [-0.3, -0.25) is 9.59 Å². The van der Waals surface area contributed by atoms with Crippen LogP contribution in [0.4, 0.5) is 0 Å². The van der Waals surface area contributed by atoms with Gasteiger partial charge in [-0.05, 0) is 25.5 Å². The minimum absolute atomic E-state index is 0.243. The minimum Gasteiger partial charge on any atom is -0.497 e. The Balaban J connectivity index is 2.15. The van der Waals surface area contributed by atoms with E-state index < -0.39 is 17.8 Å². The maximum Gasteiger partial charge on any atom is 0.249 e. The van der Waals surface area contributed by atoms with Crippen LogP contribution in [0.1, 0.15) is 25.3 Å². The molecule has 2 aliphatic rings. The van der Waals surface area contributed by atoms with Crippen LogP contribution in [0, 0.1) is 11.8 Å². The first-order valence-corrected chi connectivity index (χ1v) is 7.88. The van der Waals surface area contributed by atoms with Gasteiger partial charge in [0.25, 0.3) is 0 Å². The number of amides is 2. The van der Waals surface area contributed by atoms with E-state index in [1.165, 1.54) is 0 Å². The van der Waals surface area contributed by atoms with Crippen LogP contribution in [0.2, 0.25) is 0 Å².